The van der Waals surface area contributed by atoms with Gasteiger partial charge in [-0.1, -0.05) is 71.9 Å². The molecule has 0 aliphatic heterocycles. The van der Waals surface area contributed by atoms with Crippen molar-refractivity contribution in [2.75, 3.05) is 0 Å². The monoisotopic (exact) mass is 634 g/mol. The van der Waals surface area contributed by atoms with Gasteiger partial charge in [0.05, 0.1) is 6.10 Å². The summed E-state index contributed by atoms with van der Waals surface area (Å²) in [6, 6.07) is 4.57. The van der Waals surface area contributed by atoms with Gasteiger partial charge in [-0.05, 0) is 63.9 Å². The number of carbonyl (C=O) groups excluding carboxylic acids is 5. The van der Waals surface area contributed by atoms with E-state index in [4.69, 9.17) is 9.47 Å². The Kier molecular flexibility index (Phi) is 16.0. The van der Waals surface area contributed by atoms with Crippen LogP contribution in [0.2, 0.25) is 0 Å². The predicted octanol–water partition coefficient (Wildman–Crippen LogP) is 3.21. The number of benzene rings is 1. The van der Waals surface area contributed by atoms with Crippen LogP contribution in [0.5, 0.6) is 0 Å². The van der Waals surface area contributed by atoms with Gasteiger partial charge in [-0.3, -0.25) is 14.4 Å². The number of hydrogen-bond acceptors (Lipinski definition) is 8. The van der Waals surface area contributed by atoms with Crippen molar-refractivity contribution in [3.63, 3.8) is 0 Å². The zero-order valence-electron chi connectivity index (χ0n) is 28.4. The number of aliphatic hydroxyl groups excluding tert-OH is 1. The maximum absolute atomic E-state index is 13.4. The van der Waals surface area contributed by atoms with Gasteiger partial charge in [-0.15, -0.1) is 0 Å². The second-order valence-electron chi connectivity index (χ2n) is 13.6. The van der Waals surface area contributed by atoms with E-state index in [-0.39, 0.29) is 31.3 Å². The summed E-state index contributed by atoms with van der Waals surface area (Å²) in [5, 5.41) is 20.9. The number of rotatable bonds is 16. The van der Waals surface area contributed by atoms with Gasteiger partial charge in [-0.2, -0.15) is 0 Å². The molecule has 45 heavy (non-hydrogen) atoms. The molecule has 0 fully saturated rings. The Bertz CT molecular complexity index is 1120. The van der Waals surface area contributed by atoms with E-state index >= 15 is 0 Å². The summed E-state index contributed by atoms with van der Waals surface area (Å²) >= 11 is 0. The second kappa shape index (κ2) is 18.3. The van der Waals surface area contributed by atoms with Crippen molar-refractivity contribution in [2.45, 2.75) is 125 Å². The van der Waals surface area contributed by atoms with Crippen LogP contribution in [0.4, 0.5) is 4.79 Å². The molecule has 1 aromatic carbocycles. The molecule has 0 heterocycles. The highest BCUT2D eigenvalue weighted by Crippen LogP contribution is 2.13. The van der Waals surface area contributed by atoms with Crippen molar-refractivity contribution >= 4 is 29.8 Å². The highest BCUT2D eigenvalue weighted by atomic mass is 16.6. The van der Waals surface area contributed by atoms with E-state index in [0.29, 0.717) is 0 Å². The highest BCUT2D eigenvalue weighted by molar-refractivity contribution is 5.95. The van der Waals surface area contributed by atoms with Crippen LogP contribution in [-0.2, 0) is 35.3 Å². The maximum atomic E-state index is 13.4. The first-order chi connectivity index (χ1) is 20.8. The standard InChI is InChI=1S/C33H54N4O8/c1-19(2)16-24(35-32(43)45-33(8,9)10)28(39)36-26(21(5)6)29(40)37-27(22(7)38)30(41)34-25(17-20(3)4)31(42)44-18-23-14-12-11-13-15-23/h11-15,19-22,24-27,38H,16-18H2,1-10H3,(H,34,41)(H,35,43)(H,36,39)(H,37,40). The van der Waals surface area contributed by atoms with Gasteiger partial charge >= 0.3 is 12.1 Å². The summed E-state index contributed by atoms with van der Waals surface area (Å²) in [4.78, 5) is 65.4. The fraction of sp³-hybridized carbons (Fsp3) is 0.667. The van der Waals surface area contributed by atoms with E-state index in [0.717, 1.165) is 5.56 Å². The van der Waals surface area contributed by atoms with Crippen molar-refractivity contribution < 1.29 is 38.6 Å². The first kappa shape index (κ1) is 39.4. The van der Waals surface area contributed by atoms with Crippen LogP contribution in [0.1, 0.15) is 87.6 Å². The minimum atomic E-state index is -1.43. The molecule has 0 aliphatic carbocycles. The van der Waals surface area contributed by atoms with Crippen LogP contribution in [0.25, 0.3) is 0 Å². The van der Waals surface area contributed by atoms with E-state index in [2.05, 4.69) is 21.3 Å². The van der Waals surface area contributed by atoms with Crippen molar-refractivity contribution in [1.82, 2.24) is 21.3 Å². The average Bonchev–Trinajstić information content (AvgIpc) is 2.90. The molecule has 254 valence electrons. The Morgan fingerprint density at radius 2 is 1.22 bits per heavy atom. The molecule has 0 bridgehead atoms. The van der Waals surface area contributed by atoms with Gasteiger partial charge in [0.1, 0.15) is 36.4 Å². The Hall–Kier alpha value is -3.67. The Morgan fingerprint density at radius 3 is 1.71 bits per heavy atom. The molecule has 4 amide bonds. The Balaban J connectivity index is 3.05. The van der Waals surface area contributed by atoms with Gasteiger partial charge < -0.3 is 35.8 Å². The first-order valence-corrected chi connectivity index (χ1v) is 15.6. The molecule has 5 atom stereocenters. The van der Waals surface area contributed by atoms with Gasteiger partial charge in [0.25, 0.3) is 0 Å². The van der Waals surface area contributed by atoms with Crippen LogP contribution in [-0.4, -0.2) is 70.8 Å². The van der Waals surface area contributed by atoms with Crippen LogP contribution in [0.15, 0.2) is 30.3 Å². The minimum absolute atomic E-state index is 0.0211. The molecule has 12 heteroatoms. The van der Waals surface area contributed by atoms with Crippen LogP contribution in [0, 0.1) is 17.8 Å². The molecule has 5 N–H and O–H groups in total. The fourth-order valence-electron chi connectivity index (χ4n) is 4.37. The Labute approximate surface area is 267 Å². The quantitative estimate of drug-likeness (QED) is 0.173. The lowest BCUT2D eigenvalue weighted by Crippen LogP contribution is -2.61. The first-order valence-electron chi connectivity index (χ1n) is 15.6. The predicted molar refractivity (Wildman–Crippen MR) is 171 cm³/mol. The van der Waals surface area contributed by atoms with Crippen molar-refractivity contribution in [3.05, 3.63) is 35.9 Å². The zero-order valence-corrected chi connectivity index (χ0v) is 28.4. The summed E-state index contributed by atoms with van der Waals surface area (Å²) in [6.45, 7) is 17.4. The molecule has 1 rings (SSSR count). The van der Waals surface area contributed by atoms with Crippen molar-refractivity contribution in [1.29, 1.82) is 0 Å². The van der Waals surface area contributed by atoms with Gasteiger partial charge in [0, 0.05) is 0 Å². The topological polar surface area (TPSA) is 172 Å². The second-order valence-corrected chi connectivity index (χ2v) is 13.6. The van der Waals surface area contributed by atoms with Gasteiger partial charge in [-0.25, -0.2) is 9.59 Å². The lowest BCUT2D eigenvalue weighted by Gasteiger charge is -2.29. The smallest absolute Gasteiger partial charge is 0.408 e. The number of esters is 1. The number of carbonyl (C=O) groups is 5. The largest absolute Gasteiger partial charge is 0.459 e. The molecule has 0 spiro atoms. The lowest BCUT2D eigenvalue weighted by molar-refractivity contribution is -0.150. The lowest BCUT2D eigenvalue weighted by atomic mass is 9.99. The summed E-state index contributed by atoms with van der Waals surface area (Å²) in [6.07, 6.45) is -1.54. The van der Waals surface area contributed by atoms with Gasteiger partial charge in [0.2, 0.25) is 17.7 Å². The molecule has 0 aromatic heterocycles. The Morgan fingerprint density at radius 1 is 0.711 bits per heavy atom. The molecular weight excluding hydrogens is 580 g/mol. The molecule has 0 radical (unpaired) electrons. The number of nitrogens with one attached hydrogen (secondary N) is 4. The molecule has 0 saturated carbocycles. The zero-order chi connectivity index (χ0) is 34.5. The molecule has 0 aliphatic rings. The van der Waals surface area contributed by atoms with Crippen LogP contribution < -0.4 is 21.3 Å². The van der Waals surface area contributed by atoms with E-state index in [1.165, 1.54) is 6.92 Å². The van der Waals surface area contributed by atoms with Crippen LogP contribution in [0.3, 0.4) is 0 Å². The number of ether oxygens (including phenoxy) is 2. The third-order valence-electron chi connectivity index (χ3n) is 6.56. The average molecular weight is 635 g/mol. The summed E-state index contributed by atoms with van der Waals surface area (Å²) < 4.78 is 10.7. The van der Waals surface area contributed by atoms with Crippen LogP contribution >= 0.6 is 0 Å². The maximum Gasteiger partial charge on any atom is 0.408 e. The fourth-order valence-corrected chi connectivity index (χ4v) is 4.37. The van der Waals surface area contributed by atoms with Crippen molar-refractivity contribution in [3.8, 4) is 0 Å². The van der Waals surface area contributed by atoms with E-state index in [1.54, 1.807) is 34.6 Å². The minimum Gasteiger partial charge on any atom is -0.459 e. The number of alkyl carbamates (subject to hydrolysis) is 1. The number of hydrogen-bond donors (Lipinski definition) is 5. The highest BCUT2D eigenvalue weighted by Gasteiger charge is 2.35. The molecule has 1 aromatic rings. The summed E-state index contributed by atoms with van der Waals surface area (Å²) in [5.74, 6) is -3.10. The molecule has 5 unspecified atom stereocenters. The number of aliphatic hydroxyl groups is 1. The van der Waals surface area contributed by atoms with E-state index in [9.17, 15) is 29.1 Å². The third kappa shape index (κ3) is 15.3. The molecule has 12 nitrogen and oxygen atoms in total. The van der Waals surface area contributed by atoms with Crippen molar-refractivity contribution in [2.24, 2.45) is 17.8 Å². The third-order valence-corrected chi connectivity index (χ3v) is 6.56. The van der Waals surface area contributed by atoms with E-state index in [1.807, 2.05) is 58.0 Å². The molecular formula is C33H54N4O8. The summed E-state index contributed by atoms with van der Waals surface area (Å²) in [7, 11) is 0. The molecule has 0 saturated heterocycles. The SMILES string of the molecule is CC(C)CC(NC(=O)OC(C)(C)C)C(=O)NC(C(=O)NC(C(=O)NC(CC(C)C)C(=O)OCc1ccccc1)C(C)O)C(C)C. The van der Waals surface area contributed by atoms with E-state index < -0.39 is 71.6 Å². The van der Waals surface area contributed by atoms with Gasteiger partial charge in [0.15, 0.2) is 0 Å². The summed E-state index contributed by atoms with van der Waals surface area (Å²) in [5.41, 5.74) is 0.0143. The number of amides is 4. The normalized spacial score (nSPS) is 15.0.